The summed E-state index contributed by atoms with van der Waals surface area (Å²) in [5.74, 6) is 0.625. The van der Waals surface area contributed by atoms with Crippen molar-refractivity contribution in [3.63, 3.8) is 0 Å². The van der Waals surface area contributed by atoms with Crippen LogP contribution in [0.15, 0.2) is 0 Å². The molecule has 0 saturated carbocycles. The van der Waals surface area contributed by atoms with Gasteiger partial charge >= 0.3 is 0 Å². The van der Waals surface area contributed by atoms with E-state index < -0.39 is 0 Å². The summed E-state index contributed by atoms with van der Waals surface area (Å²) in [6, 6.07) is 0. The molecule has 2 heteroatoms. The number of hydrogen-bond acceptors (Lipinski definition) is 2. The highest BCUT2D eigenvalue weighted by atomic mass is 16.3. The van der Waals surface area contributed by atoms with E-state index in [0.29, 0.717) is 5.92 Å². The average molecular weight is 148 g/mol. The van der Waals surface area contributed by atoms with Crippen LogP contribution in [0, 0.1) is 5.92 Å². The average Bonchev–Trinajstić information content (AvgIpc) is 1.62. The van der Waals surface area contributed by atoms with Gasteiger partial charge in [0.25, 0.3) is 0 Å². The summed E-state index contributed by atoms with van der Waals surface area (Å²) in [6.07, 6.45) is 0.792. The lowest BCUT2D eigenvalue weighted by Crippen LogP contribution is -2.03. The third-order valence-corrected chi connectivity index (χ3v) is 0.813. The van der Waals surface area contributed by atoms with Gasteiger partial charge in [0.2, 0.25) is 0 Å². The van der Waals surface area contributed by atoms with Crippen molar-refractivity contribution < 1.29 is 10.2 Å². The maximum absolute atomic E-state index is 8.72. The Kier molecular flexibility index (Phi) is 11.2. The Morgan fingerprint density at radius 2 is 1.50 bits per heavy atom. The fraction of sp³-hybridized carbons (Fsp3) is 1.00. The zero-order valence-corrected chi connectivity index (χ0v) is 7.46. The molecule has 0 amide bonds. The molecule has 0 heterocycles. The number of aliphatic hydroxyl groups excluding tert-OH is 2. The third kappa shape index (κ3) is 24.7. The van der Waals surface area contributed by atoms with E-state index in [1.54, 1.807) is 6.92 Å². The lowest BCUT2D eigenvalue weighted by Gasteiger charge is -2.04. The van der Waals surface area contributed by atoms with Crippen molar-refractivity contribution >= 4 is 0 Å². The minimum absolute atomic E-state index is 0.125. The monoisotopic (exact) mass is 148 g/mol. The van der Waals surface area contributed by atoms with Crippen molar-refractivity contribution in [3.05, 3.63) is 0 Å². The molecular weight excluding hydrogens is 128 g/mol. The second-order valence-electron chi connectivity index (χ2n) is 2.79. The second kappa shape index (κ2) is 8.92. The van der Waals surface area contributed by atoms with Crippen LogP contribution in [0.2, 0.25) is 0 Å². The van der Waals surface area contributed by atoms with Crippen LogP contribution in [-0.4, -0.2) is 22.9 Å². The van der Waals surface area contributed by atoms with E-state index in [1.165, 1.54) is 0 Å². The predicted molar refractivity (Wildman–Crippen MR) is 43.9 cm³/mol. The van der Waals surface area contributed by atoms with Gasteiger partial charge in [0.15, 0.2) is 0 Å². The predicted octanol–water partition coefficient (Wildman–Crippen LogP) is 1.41. The van der Waals surface area contributed by atoms with Crippen LogP contribution in [0.4, 0.5) is 0 Å². The van der Waals surface area contributed by atoms with E-state index in [-0.39, 0.29) is 12.7 Å². The van der Waals surface area contributed by atoms with Crippen LogP contribution < -0.4 is 0 Å². The van der Waals surface area contributed by atoms with Gasteiger partial charge in [0, 0.05) is 6.61 Å². The second-order valence-corrected chi connectivity index (χ2v) is 2.79. The summed E-state index contributed by atoms with van der Waals surface area (Å²) in [7, 11) is 0. The Morgan fingerprint density at radius 1 is 1.20 bits per heavy atom. The van der Waals surface area contributed by atoms with Crippen LogP contribution in [-0.2, 0) is 0 Å². The van der Waals surface area contributed by atoms with E-state index in [2.05, 4.69) is 13.8 Å². The molecule has 0 fully saturated rings. The van der Waals surface area contributed by atoms with Crippen LogP contribution >= 0.6 is 0 Å². The molecule has 0 radical (unpaired) electrons. The molecular formula is C8H20O2. The van der Waals surface area contributed by atoms with Crippen molar-refractivity contribution in [3.8, 4) is 0 Å². The Labute approximate surface area is 63.9 Å². The Bertz CT molecular complexity index is 45.2. The lowest BCUT2D eigenvalue weighted by molar-refractivity contribution is 0.168. The molecule has 0 aliphatic carbocycles. The summed E-state index contributed by atoms with van der Waals surface area (Å²) < 4.78 is 0. The molecule has 2 N–H and O–H groups in total. The van der Waals surface area contributed by atoms with E-state index in [9.17, 15) is 0 Å². The highest BCUT2D eigenvalue weighted by Gasteiger charge is 1.97. The molecule has 0 aliphatic rings. The van der Waals surface area contributed by atoms with Crippen LogP contribution in [0.1, 0.15) is 34.1 Å². The van der Waals surface area contributed by atoms with E-state index in [4.69, 9.17) is 10.2 Å². The number of aliphatic hydroxyl groups is 2. The highest BCUT2D eigenvalue weighted by molar-refractivity contribution is 4.49. The zero-order valence-electron chi connectivity index (χ0n) is 7.46. The molecule has 0 saturated heterocycles. The van der Waals surface area contributed by atoms with Crippen molar-refractivity contribution in [1.82, 2.24) is 0 Å². The number of rotatable bonds is 2. The Hall–Kier alpha value is -0.0800. The smallest absolute Gasteiger partial charge is 0.0514 e. The molecule has 0 aromatic heterocycles. The molecule has 0 aliphatic heterocycles. The first-order valence-electron chi connectivity index (χ1n) is 3.83. The van der Waals surface area contributed by atoms with Gasteiger partial charge in [-0.3, -0.25) is 0 Å². The fourth-order valence-electron chi connectivity index (χ4n) is 0.682. The Balaban J connectivity index is 0. The SMILES string of the molecule is CC(C)CC(C)O.CCO. The molecule has 2 nitrogen and oxygen atoms in total. The maximum atomic E-state index is 8.72. The minimum atomic E-state index is -0.125. The van der Waals surface area contributed by atoms with Gasteiger partial charge in [-0.05, 0) is 26.2 Å². The summed E-state index contributed by atoms with van der Waals surface area (Å²) in [5.41, 5.74) is 0. The van der Waals surface area contributed by atoms with E-state index in [1.807, 2.05) is 6.92 Å². The number of hydrogen-bond donors (Lipinski definition) is 2. The Morgan fingerprint density at radius 3 is 1.50 bits per heavy atom. The first-order chi connectivity index (χ1) is 4.54. The normalized spacial score (nSPS) is 12.3. The van der Waals surface area contributed by atoms with Crippen LogP contribution in [0.3, 0.4) is 0 Å². The van der Waals surface area contributed by atoms with Crippen LogP contribution in [0.5, 0.6) is 0 Å². The molecule has 0 aromatic carbocycles. The molecule has 0 rings (SSSR count). The summed E-state index contributed by atoms with van der Waals surface area (Å²) in [4.78, 5) is 0. The van der Waals surface area contributed by atoms with Gasteiger partial charge in [-0.2, -0.15) is 0 Å². The van der Waals surface area contributed by atoms with Crippen LogP contribution in [0.25, 0.3) is 0 Å². The highest BCUT2D eigenvalue weighted by Crippen LogP contribution is 2.01. The van der Waals surface area contributed by atoms with Gasteiger partial charge in [-0.15, -0.1) is 0 Å². The summed E-state index contributed by atoms with van der Waals surface area (Å²) in [6.45, 7) is 7.96. The molecule has 0 bridgehead atoms. The van der Waals surface area contributed by atoms with Gasteiger partial charge < -0.3 is 10.2 Å². The largest absolute Gasteiger partial charge is 0.397 e. The van der Waals surface area contributed by atoms with Gasteiger partial charge in [-0.1, -0.05) is 13.8 Å². The molecule has 1 atom stereocenters. The quantitative estimate of drug-likeness (QED) is 0.621. The molecule has 10 heavy (non-hydrogen) atoms. The van der Waals surface area contributed by atoms with Gasteiger partial charge in [0.05, 0.1) is 6.10 Å². The molecule has 64 valence electrons. The van der Waals surface area contributed by atoms with E-state index >= 15 is 0 Å². The zero-order chi connectivity index (χ0) is 8.57. The lowest BCUT2D eigenvalue weighted by atomic mass is 10.1. The molecule has 1 unspecified atom stereocenters. The van der Waals surface area contributed by atoms with Crippen molar-refractivity contribution in [2.75, 3.05) is 6.61 Å². The first-order valence-corrected chi connectivity index (χ1v) is 3.83. The first kappa shape index (κ1) is 12.6. The van der Waals surface area contributed by atoms with Gasteiger partial charge in [0.1, 0.15) is 0 Å². The molecule has 0 spiro atoms. The fourth-order valence-corrected chi connectivity index (χ4v) is 0.682. The third-order valence-electron chi connectivity index (χ3n) is 0.813. The van der Waals surface area contributed by atoms with Crippen molar-refractivity contribution in [1.29, 1.82) is 0 Å². The summed E-state index contributed by atoms with van der Waals surface area (Å²) in [5, 5.41) is 16.3. The topological polar surface area (TPSA) is 40.5 Å². The summed E-state index contributed by atoms with van der Waals surface area (Å²) >= 11 is 0. The van der Waals surface area contributed by atoms with Crippen molar-refractivity contribution in [2.45, 2.75) is 40.2 Å². The van der Waals surface area contributed by atoms with E-state index in [0.717, 1.165) is 6.42 Å². The standard InChI is InChI=1S/C6H14O.C2H6O/c1-5(2)4-6(3)7;1-2-3/h5-7H,4H2,1-3H3;3H,2H2,1H3. The minimum Gasteiger partial charge on any atom is -0.397 e. The van der Waals surface area contributed by atoms with Gasteiger partial charge in [-0.25, -0.2) is 0 Å². The van der Waals surface area contributed by atoms with Crippen molar-refractivity contribution in [2.24, 2.45) is 5.92 Å². The maximum Gasteiger partial charge on any atom is 0.0514 e. The molecule has 0 aromatic rings.